The van der Waals surface area contributed by atoms with Gasteiger partial charge >= 0.3 is 0 Å². The monoisotopic (exact) mass is 268 g/mol. The predicted octanol–water partition coefficient (Wildman–Crippen LogP) is 2.55. The second-order valence-electron chi connectivity index (χ2n) is 4.67. The van der Waals surface area contributed by atoms with Crippen LogP contribution in [-0.2, 0) is 6.54 Å². The van der Waals surface area contributed by atoms with Crippen LogP contribution in [0.1, 0.15) is 37.8 Å². The van der Waals surface area contributed by atoms with Crippen LogP contribution in [0.15, 0.2) is 10.5 Å². The molecule has 0 amide bonds. The zero-order chi connectivity index (χ0) is 13.4. The van der Waals surface area contributed by atoms with Gasteiger partial charge in [-0.3, -0.25) is 0 Å². The van der Waals surface area contributed by atoms with Gasteiger partial charge in [0.25, 0.3) is 0 Å². The van der Waals surface area contributed by atoms with Gasteiger partial charge in [-0.2, -0.15) is 0 Å². The lowest BCUT2D eigenvalue weighted by Crippen LogP contribution is -2.38. The number of aromatic nitrogens is 1. The molecule has 0 saturated heterocycles. The van der Waals surface area contributed by atoms with Crippen LogP contribution in [0.5, 0.6) is 0 Å². The SMILES string of the molecule is CCNC(=NCc1scnc1C)NCCC(C)C. The summed E-state index contributed by atoms with van der Waals surface area (Å²) < 4.78 is 0. The third-order valence-corrected chi connectivity index (χ3v) is 3.50. The van der Waals surface area contributed by atoms with E-state index >= 15 is 0 Å². The molecular formula is C13H24N4S. The van der Waals surface area contributed by atoms with Crippen LogP contribution in [0.4, 0.5) is 0 Å². The molecular weight excluding hydrogens is 244 g/mol. The first-order chi connectivity index (χ1) is 8.63. The standard InChI is InChI=1S/C13H24N4S/c1-5-14-13(15-7-6-10(2)3)16-8-12-11(4)17-9-18-12/h9-10H,5-8H2,1-4H3,(H2,14,15,16). The summed E-state index contributed by atoms with van der Waals surface area (Å²) in [5.41, 5.74) is 2.96. The summed E-state index contributed by atoms with van der Waals surface area (Å²) >= 11 is 1.66. The molecule has 1 aromatic heterocycles. The first-order valence-corrected chi connectivity index (χ1v) is 7.42. The van der Waals surface area contributed by atoms with E-state index in [0.717, 1.165) is 31.2 Å². The Kier molecular flexibility index (Phi) is 6.72. The molecule has 18 heavy (non-hydrogen) atoms. The Bertz CT molecular complexity index is 371. The van der Waals surface area contributed by atoms with E-state index in [1.54, 1.807) is 11.3 Å². The normalized spacial score (nSPS) is 11.9. The summed E-state index contributed by atoms with van der Waals surface area (Å²) in [4.78, 5) is 10.0. The summed E-state index contributed by atoms with van der Waals surface area (Å²) in [5.74, 6) is 1.61. The zero-order valence-electron chi connectivity index (χ0n) is 11.8. The van der Waals surface area contributed by atoms with Gasteiger partial charge in [-0.1, -0.05) is 13.8 Å². The van der Waals surface area contributed by atoms with E-state index in [1.807, 2.05) is 12.4 Å². The molecule has 0 aliphatic heterocycles. The third kappa shape index (κ3) is 5.49. The van der Waals surface area contributed by atoms with Gasteiger partial charge in [-0.15, -0.1) is 11.3 Å². The average molecular weight is 268 g/mol. The number of thiazole rings is 1. The van der Waals surface area contributed by atoms with E-state index in [0.29, 0.717) is 12.5 Å². The molecule has 1 aromatic rings. The van der Waals surface area contributed by atoms with E-state index in [4.69, 9.17) is 0 Å². The highest BCUT2D eigenvalue weighted by Crippen LogP contribution is 2.12. The number of nitrogens with one attached hydrogen (secondary N) is 2. The minimum atomic E-state index is 0.702. The molecule has 0 unspecified atom stereocenters. The Labute approximate surface area is 114 Å². The van der Waals surface area contributed by atoms with Crippen molar-refractivity contribution in [2.24, 2.45) is 10.9 Å². The predicted molar refractivity (Wildman–Crippen MR) is 79.1 cm³/mol. The van der Waals surface area contributed by atoms with Crippen LogP contribution in [0.3, 0.4) is 0 Å². The van der Waals surface area contributed by atoms with Crippen LogP contribution in [0, 0.1) is 12.8 Å². The van der Waals surface area contributed by atoms with Crippen molar-refractivity contribution in [3.8, 4) is 0 Å². The quantitative estimate of drug-likeness (QED) is 0.616. The number of rotatable bonds is 6. The van der Waals surface area contributed by atoms with Gasteiger partial charge in [0, 0.05) is 18.0 Å². The molecule has 5 heteroatoms. The fourth-order valence-electron chi connectivity index (χ4n) is 1.45. The van der Waals surface area contributed by atoms with Crippen LogP contribution < -0.4 is 10.6 Å². The molecule has 0 aliphatic carbocycles. The Morgan fingerprint density at radius 2 is 2.22 bits per heavy atom. The molecule has 2 N–H and O–H groups in total. The Balaban J connectivity index is 2.47. The van der Waals surface area contributed by atoms with Crippen molar-refractivity contribution in [1.82, 2.24) is 15.6 Å². The summed E-state index contributed by atoms with van der Waals surface area (Å²) in [5, 5.41) is 6.62. The highest BCUT2D eigenvalue weighted by Gasteiger charge is 2.02. The zero-order valence-corrected chi connectivity index (χ0v) is 12.6. The van der Waals surface area contributed by atoms with Crippen LogP contribution in [0.2, 0.25) is 0 Å². The number of guanidine groups is 1. The van der Waals surface area contributed by atoms with Crippen molar-refractivity contribution in [3.05, 3.63) is 16.1 Å². The minimum absolute atomic E-state index is 0.702. The van der Waals surface area contributed by atoms with Crippen LogP contribution >= 0.6 is 11.3 Å². The number of aliphatic imine (C=N–C) groups is 1. The summed E-state index contributed by atoms with van der Waals surface area (Å²) in [6.07, 6.45) is 1.16. The summed E-state index contributed by atoms with van der Waals surface area (Å²) in [6, 6.07) is 0. The van der Waals surface area contributed by atoms with Gasteiger partial charge < -0.3 is 10.6 Å². The van der Waals surface area contributed by atoms with Crippen molar-refractivity contribution in [2.45, 2.75) is 40.7 Å². The Morgan fingerprint density at radius 1 is 1.44 bits per heavy atom. The molecule has 0 fully saturated rings. The molecule has 0 saturated carbocycles. The lowest BCUT2D eigenvalue weighted by atomic mass is 10.1. The first-order valence-electron chi connectivity index (χ1n) is 6.54. The fourth-order valence-corrected chi connectivity index (χ4v) is 2.15. The molecule has 0 atom stereocenters. The minimum Gasteiger partial charge on any atom is -0.357 e. The largest absolute Gasteiger partial charge is 0.357 e. The molecule has 0 bridgehead atoms. The smallest absolute Gasteiger partial charge is 0.191 e. The van der Waals surface area contributed by atoms with Gasteiger partial charge in [0.15, 0.2) is 5.96 Å². The maximum Gasteiger partial charge on any atom is 0.191 e. The van der Waals surface area contributed by atoms with E-state index in [9.17, 15) is 0 Å². The third-order valence-electron chi connectivity index (χ3n) is 2.58. The first kappa shape index (κ1) is 15.0. The fraction of sp³-hybridized carbons (Fsp3) is 0.692. The highest BCUT2D eigenvalue weighted by atomic mass is 32.1. The lowest BCUT2D eigenvalue weighted by Gasteiger charge is -2.12. The number of nitrogens with zero attached hydrogens (tertiary/aromatic N) is 2. The van der Waals surface area contributed by atoms with E-state index < -0.39 is 0 Å². The van der Waals surface area contributed by atoms with Crippen molar-refractivity contribution >= 4 is 17.3 Å². The number of aryl methyl sites for hydroxylation is 1. The lowest BCUT2D eigenvalue weighted by molar-refractivity contribution is 0.573. The molecule has 1 rings (SSSR count). The van der Waals surface area contributed by atoms with Crippen LogP contribution in [-0.4, -0.2) is 24.0 Å². The van der Waals surface area contributed by atoms with Gasteiger partial charge in [-0.05, 0) is 26.2 Å². The average Bonchev–Trinajstić information content (AvgIpc) is 2.71. The number of hydrogen-bond acceptors (Lipinski definition) is 3. The van der Waals surface area contributed by atoms with Gasteiger partial charge in [0.1, 0.15) is 0 Å². The van der Waals surface area contributed by atoms with Gasteiger partial charge in [-0.25, -0.2) is 9.98 Å². The van der Waals surface area contributed by atoms with Crippen molar-refractivity contribution in [3.63, 3.8) is 0 Å². The van der Waals surface area contributed by atoms with Gasteiger partial charge in [0.05, 0.1) is 17.7 Å². The maximum absolute atomic E-state index is 4.58. The van der Waals surface area contributed by atoms with Crippen molar-refractivity contribution < 1.29 is 0 Å². The highest BCUT2D eigenvalue weighted by molar-refractivity contribution is 7.09. The molecule has 1 heterocycles. The summed E-state index contributed by atoms with van der Waals surface area (Å²) in [6.45, 7) is 11.1. The Hall–Kier alpha value is -1.10. The molecule has 102 valence electrons. The maximum atomic E-state index is 4.58. The summed E-state index contributed by atoms with van der Waals surface area (Å²) in [7, 11) is 0. The van der Waals surface area contributed by atoms with Crippen LogP contribution in [0.25, 0.3) is 0 Å². The van der Waals surface area contributed by atoms with Gasteiger partial charge in [0.2, 0.25) is 0 Å². The molecule has 0 aliphatic rings. The topological polar surface area (TPSA) is 49.3 Å². The van der Waals surface area contributed by atoms with Crippen molar-refractivity contribution in [2.75, 3.05) is 13.1 Å². The van der Waals surface area contributed by atoms with Crippen molar-refractivity contribution in [1.29, 1.82) is 0 Å². The van der Waals surface area contributed by atoms with E-state index in [1.165, 1.54) is 4.88 Å². The molecule has 0 spiro atoms. The van der Waals surface area contributed by atoms with E-state index in [2.05, 4.69) is 41.4 Å². The molecule has 0 aromatic carbocycles. The second kappa shape index (κ2) is 8.08. The second-order valence-corrected chi connectivity index (χ2v) is 5.60. The number of hydrogen-bond donors (Lipinski definition) is 2. The molecule has 0 radical (unpaired) electrons. The Morgan fingerprint density at radius 3 is 2.78 bits per heavy atom. The molecule has 4 nitrogen and oxygen atoms in total. The van der Waals surface area contributed by atoms with E-state index in [-0.39, 0.29) is 0 Å².